The maximum Gasteiger partial charge on any atom is 0.139 e. The van der Waals surface area contributed by atoms with Crippen LogP contribution in [0.15, 0.2) is 11.6 Å². The topological polar surface area (TPSA) is 17.1 Å². The van der Waals surface area contributed by atoms with Gasteiger partial charge in [-0.25, -0.2) is 0 Å². The molecule has 3 rings (SSSR count). The summed E-state index contributed by atoms with van der Waals surface area (Å²) in [5.74, 6) is 3.99. The van der Waals surface area contributed by atoms with Gasteiger partial charge in [0.1, 0.15) is 5.78 Å². The summed E-state index contributed by atoms with van der Waals surface area (Å²) in [4.78, 5) is 12.3. The second kappa shape index (κ2) is 5.89. The monoisotopic (exact) mass is 288 g/mol. The van der Waals surface area contributed by atoms with Crippen molar-refractivity contribution in [3.05, 3.63) is 11.6 Å². The van der Waals surface area contributed by atoms with Crippen molar-refractivity contribution in [1.29, 1.82) is 0 Å². The van der Waals surface area contributed by atoms with Crippen LogP contribution in [0.5, 0.6) is 0 Å². The second-order valence-corrected chi connectivity index (χ2v) is 8.29. The minimum absolute atomic E-state index is 0.0615. The van der Waals surface area contributed by atoms with Crippen LogP contribution in [0, 0.1) is 29.1 Å². The molecule has 3 saturated carbocycles. The van der Waals surface area contributed by atoms with Crippen molar-refractivity contribution < 1.29 is 4.79 Å². The van der Waals surface area contributed by atoms with E-state index in [4.69, 9.17) is 0 Å². The van der Waals surface area contributed by atoms with Crippen LogP contribution < -0.4 is 0 Å². The molecule has 0 radical (unpaired) electrons. The summed E-state index contributed by atoms with van der Waals surface area (Å²) in [5.41, 5.74) is 1.66. The van der Waals surface area contributed by atoms with Gasteiger partial charge in [-0.3, -0.25) is 4.79 Å². The Morgan fingerprint density at radius 1 is 1.29 bits per heavy atom. The molecular formula is C20H32O. The van der Waals surface area contributed by atoms with E-state index in [1.807, 2.05) is 0 Å². The van der Waals surface area contributed by atoms with Crippen LogP contribution in [0.25, 0.3) is 0 Å². The molecule has 0 unspecified atom stereocenters. The van der Waals surface area contributed by atoms with Gasteiger partial charge in [0.15, 0.2) is 0 Å². The molecule has 0 aromatic rings. The fourth-order valence-corrected chi connectivity index (χ4v) is 5.91. The van der Waals surface area contributed by atoms with Gasteiger partial charge in [0.05, 0.1) is 0 Å². The summed E-state index contributed by atoms with van der Waals surface area (Å²) in [5, 5.41) is 0. The summed E-state index contributed by atoms with van der Waals surface area (Å²) >= 11 is 0. The predicted molar refractivity (Wildman–Crippen MR) is 88.1 cm³/mol. The zero-order valence-corrected chi connectivity index (χ0v) is 14.2. The lowest BCUT2D eigenvalue weighted by Crippen LogP contribution is -2.43. The number of hydrogen-bond donors (Lipinski definition) is 0. The molecule has 3 aliphatic carbocycles. The maximum absolute atomic E-state index is 12.3. The highest BCUT2D eigenvalue weighted by Crippen LogP contribution is 2.58. The molecule has 1 heteroatoms. The predicted octanol–water partition coefficient (Wildman–Crippen LogP) is 5.54. The number of hydrogen-bond acceptors (Lipinski definition) is 1. The summed E-state index contributed by atoms with van der Waals surface area (Å²) in [6.45, 7) is 6.83. The average molecular weight is 288 g/mol. The zero-order valence-electron chi connectivity index (χ0n) is 14.2. The molecule has 0 spiro atoms. The number of rotatable bonds is 3. The first-order valence-electron chi connectivity index (χ1n) is 9.23. The minimum Gasteiger partial charge on any atom is -0.299 e. The van der Waals surface area contributed by atoms with Crippen molar-refractivity contribution in [2.75, 3.05) is 0 Å². The zero-order chi connectivity index (χ0) is 15.0. The number of carbonyl (C=O) groups is 1. The summed E-state index contributed by atoms with van der Waals surface area (Å²) in [6.07, 6.45) is 13.7. The van der Waals surface area contributed by atoms with E-state index in [9.17, 15) is 4.79 Å². The molecule has 0 aromatic carbocycles. The van der Waals surface area contributed by atoms with Crippen LogP contribution >= 0.6 is 0 Å². The minimum atomic E-state index is 0.0615. The highest BCUT2D eigenvalue weighted by atomic mass is 16.1. The van der Waals surface area contributed by atoms with Crippen LogP contribution in [0.2, 0.25) is 0 Å². The van der Waals surface area contributed by atoms with Crippen LogP contribution in [-0.4, -0.2) is 5.78 Å². The van der Waals surface area contributed by atoms with Crippen molar-refractivity contribution in [3.63, 3.8) is 0 Å². The quantitative estimate of drug-likeness (QED) is 0.623. The SMILES string of the molecule is CC/C=C(/C)C[C@@H]1CC[C@@H]2[C@H](CC[C@]3(C)C(=O)CC[C@@H]23)C1. The molecule has 0 heterocycles. The summed E-state index contributed by atoms with van der Waals surface area (Å²) < 4.78 is 0. The molecular weight excluding hydrogens is 256 g/mol. The van der Waals surface area contributed by atoms with E-state index in [0.29, 0.717) is 5.78 Å². The molecule has 0 saturated heterocycles. The number of Topliss-reactive ketones (excluding diaryl/α,β-unsaturated/α-hetero) is 1. The Bertz CT molecular complexity index is 435. The van der Waals surface area contributed by atoms with Crippen molar-refractivity contribution in [1.82, 2.24) is 0 Å². The van der Waals surface area contributed by atoms with E-state index in [0.717, 1.165) is 30.1 Å². The maximum atomic E-state index is 12.3. The number of carbonyl (C=O) groups excluding carboxylic acids is 1. The van der Waals surface area contributed by atoms with Gasteiger partial charge in [-0.1, -0.05) is 25.5 Å². The van der Waals surface area contributed by atoms with Crippen molar-refractivity contribution in [3.8, 4) is 0 Å². The Labute approximate surface area is 130 Å². The van der Waals surface area contributed by atoms with Gasteiger partial charge in [-0.05, 0) is 82.0 Å². The highest BCUT2D eigenvalue weighted by molar-refractivity contribution is 5.87. The lowest BCUT2D eigenvalue weighted by atomic mass is 9.55. The molecule has 5 atom stereocenters. The van der Waals surface area contributed by atoms with Gasteiger partial charge in [-0.2, -0.15) is 0 Å². The molecule has 0 aromatic heterocycles. The average Bonchev–Trinajstić information content (AvgIpc) is 2.75. The molecule has 21 heavy (non-hydrogen) atoms. The lowest BCUT2D eigenvalue weighted by Gasteiger charge is -2.49. The van der Waals surface area contributed by atoms with E-state index in [-0.39, 0.29) is 5.41 Å². The Balaban J connectivity index is 1.65. The van der Waals surface area contributed by atoms with Gasteiger partial charge in [0, 0.05) is 11.8 Å². The third-order valence-electron chi connectivity index (χ3n) is 7.00. The molecule has 3 fully saturated rings. The fraction of sp³-hybridized carbons (Fsp3) is 0.850. The molecule has 0 bridgehead atoms. The summed E-state index contributed by atoms with van der Waals surface area (Å²) in [7, 11) is 0. The van der Waals surface area contributed by atoms with Gasteiger partial charge in [0.25, 0.3) is 0 Å². The van der Waals surface area contributed by atoms with E-state index < -0.39 is 0 Å². The normalized spacial score (nSPS) is 43.6. The van der Waals surface area contributed by atoms with Gasteiger partial charge in [-0.15, -0.1) is 0 Å². The lowest BCUT2D eigenvalue weighted by molar-refractivity contribution is -0.130. The standard InChI is InChI=1S/C20H32O/c1-4-5-14(2)12-15-6-7-17-16(13-15)10-11-20(3)18(17)8-9-19(20)21/h5,15-18H,4,6-13H2,1-3H3/b14-5-/t15-,16+,17+,18-,20-/m0/s1. The first-order chi connectivity index (χ1) is 10.0. The van der Waals surface area contributed by atoms with Crippen molar-refractivity contribution in [2.45, 2.75) is 78.6 Å². The van der Waals surface area contributed by atoms with E-state index in [1.165, 1.54) is 51.4 Å². The number of allylic oxidation sites excluding steroid dienone is 2. The Hall–Kier alpha value is -0.590. The molecule has 1 nitrogen and oxygen atoms in total. The fourth-order valence-electron chi connectivity index (χ4n) is 5.91. The largest absolute Gasteiger partial charge is 0.299 e. The first kappa shape index (κ1) is 15.3. The third kappa shape index (κ3) is 2.73. The molecule has 0 amide bonds. The van der Waals surface area contributed by atoms with Crippen LogP contribution in [0.3, 0.4) is 0 Å². The van der Waals surface area contributed by atoms with Gasteiger partial charge >= 0.3 is 0 Å². The van der Waals surface area contributed by atoms with Crippen molar-refractivity contribution >= 4 is 5.78 Å². The Morgan fingerprint density at radius 2 is 2.10 bits per heavy atom. The van der Waals surface area contributed by atoms with E-state index in [2.05, 4.69) is 26.8 Å². The molecule has 118 valence electrons. The molecule has 0 aliphatic heterocycles. The van der Waals surface area contributed by atoms with Crippen LogP contribution in [0.1, 0.15) is 78.6 Å². The molecule has 3 aliphatic rings. The summed E-state index contributed by atoms with van der Waals surface area (Å²) in [6, 6.07) is 0. The first-order valence-corrected chi connectivity index (χ1v) is 9.23. The van der Waals surface area contributed by atoms with E-state index >= 15 is 0 Å². The number of fused-ring (bicyclic) bond motifs is 3. The van der Waals surface area contributed by atoms with Crippen LogP contribution in [-0.2, 0) is 4.79 Å². The highest BCUT2D eigenvalue weighted by Gasteiger charge is 2.54. The second-order valence-electron chi connectivity index (χ2n) is 8.29. The third-order valence-corrected chi connectivity index (χ3v) is 7.00. The van der Waals surface area contributed by atoms with Crippen molar-refractivity contribution in [2.24, 2.45) is 29.1 Å². The Morgan fingerprint density at radius 3 is 2.86 bits per heavy atom. The van der Waals surface area contributed by atoms with Gasteiger partial charge in [0.2, 0.25) is 0 Å². The molecule has 0 N–H and O–H groups in total. The Kier molecular flexibility index (Phi) is 4.30. The van der Waals surface area contributed by atoms with Crippen LogP contribution in [0.4, 0.5) is 0 Å². The number of ketones is 1. The van der Waals surface area contributed by atoms with E-state index in [1.54, 1.807) is 5.57 Å². The smallest absolute Gasteiger partial charge is 0.139 e. The van der Waals surface area contributed by atoms with Gasteiger partial charge < -0.3 is 0 Å².